The van der Waals surface area contributed by atoms with E-state index in [1.807, 2.05) is 6.92 Å². The number of carbonyl (C=O) groups is 4. The summed E-state index contributed by atoms with van der Waals surface area (Å²) in [5.41, 5.74) is 1.04. The van der Waals surface area contributed by atoms with E-state index in [1.165, 1.54) is 0 Å². The molecular formula is C25H39N5O8. The number of rotatable bonds is 12. The monoisotopic (exact) mass is 537 g/mol. The Kier molecular flexibility index (Phi) is 13.6. The van der Waals surface area contributed by atoms with Crippen LogP contribution in [0.15, 0.2) is 18.3 Å². The molecule has 212 valence electrons. The fourth-order valence-corrected chi connectivity index (χ4v) is 4.10. The van der Waals surface area contributed by atoms with Crippen LogP contribution >= 0.6 is 0 Å². The van der Waals surface area contributed by atoms with Crippen molar-refractivity contribution in [3.05, 3.63) is 29.6 Å². The molecule has 13 heteroatoms. The van der Waals surface area contributed by atoms with Gasteiger partial charge in [0.25, 0.3) is 0 Å². The molecule has 0 saturated carbocycles. The van der Waals surface area contributed by atoms with Gasteiger partial charge in [0.2, 0.25) is 0 Å². The SMILES string of the molecule is CCCCOC(=O)c1ccnc(CN2CCN(CC(=O)O)CCN(CC(=O)O)CCN(CC(=O)O)CC2)c1. The summed E-state index contributed by atoms with van der Waals surface area (Å²) < 4.78 is 5.30. The third kappa shape index (κ3) is 12.4. The molecule has 2 heterocycles. The lowest BCUT2D eigenvalue weighted by atomic mass is 10.2. The molecule has 2 rings (SSSR count). The fourth-order valence-electron chi connectivity index (χ4n) is 4.10. The summed E-state index contributed by atoms with van der Waals surface area (Å²) in [6.07, 6.45) is 3.25. The number of carboxylic acid groups (broad SMARTS) is 3. The van der Waals surface area contributed by atoms with Crippen molar-refractivity contribution < 1.29 is 39.2 Å². The summed E-state index contributed by atoms with van der Waals surface area (Å²) in [7, 11) is 0. The molecule has 0 radical (unpaired) electrons. The molecule has 0 spiro atoms. The molecular weight excluding hydrogens is 498 g/mol. The number of carbonyl (C=O) groups excluding carboxylic acids is 1. The zero-order valence-electron chi connectivity index (χ0n) is 22.0. The maximum atomic E-state index is 12.4. The van der Waals surface area contributed by atoms with Gasteiger partial charge in [0.15, 0.2) is 0 Å². The maximum Gasteiger partial charge on any atom is 0.338 e. The third-order valence-electron chi connectivity index (χ3n) is 6.18. The second kappa shape index (κ2) is 16.7. The largest absolute Gasteiger partial charge is 0.480 e. The number of carboxylic acids is 3. The Bertz CT molecular complexity index is 899. The Morgan fingerprint density at radius 1 is 0.789 bits per heavy atom. The van der Waals surface area contributed by atoms with Crippen molar-refractivity contribution in [2.75, 3.05) is 78.6 Å². The Morgan fingerprint density at radius 3 is 1.66 bits per heavy atom. The molecule has 1 aliphatic heterocycles. The van der Waals surface area contributed by atoms with Crippen molar-refractivity contribution >= 4 is 23.9 Å². The van der Waals surface area contributed by atoms with Crippen LogP contribution in [-0.4, -0.2) is 142 Å². The van der Waals surface area contributed by atoms with Crippen LogP contribution in [0.3, 0.4) is 0 Å². The van der Waals surface area contributed by atoms with Crippen molar-refractivity contribution in [1.82, 2.24) is 24.6 Å². The lowest BCUT2D eigenvalue weighted by molar-refractivity contribution is -0.140. The van der Waals surface area contributed by atoms with Gasteiger partial charge in [-0.05, 0) is 18.6 Å². The molecule has 1 aromatic rings. The molecule has 1 fully saturated rings. The molecule has 0 atom stereocenters. The maximum absolute atomic E-state index is 12.4. The number of aliphatic carboxylic acids is 3. The van der Waals surface area contributed by atoms with Gasteiger partial charge in [0.05, 0.1) is 37.5 Å². The Labute approximate surface area is 222 Å². The van der Waals surface area contributed by atoms with Gasteiger partial charge in [-0.2, -0.15) is 0 Å². The minimum atomic E-state index is -0.998. The number of unbranched alkanes of at least 4 members (excludes halogenated alkanes) is 1. The van der Waals surface area contributed by atoms with Gasteiger partial charge in [-0.25, -0.2) is 4.79 Å². The number of hydrogen-bond donors (Lipinski definition) is 3. The Hall–Kier alpha value is -3.13. The minimum Gasteiger partial charge on any atom is -0.480 e. The number of pyridine rings is 1. The molecule has 0 unspecified atom stereocenters. The summed E-state index contributed by atoms with van der Waals surface area (Å²) in [5.74, 6) is -3.36. The van der Waals surface area contributed by atoms with Crippen LogP contribution in [0.2, 0.25) is 0 Å². The zero-order chi connectivity index (χ0) is 27.9. The van der Waals surface area contributed by atoms with Crippen LogP contribution < -0.4 is 0 Å². The molecule has 3 N–H and O–H groups in total. The molecule has 1 aliphatic rings. The van der Waals surface area contributed by atoms with Crippen LogP contribution in [0.4, 0.5) is 0 Å². The van der Waals surface area contributed by atoms with E-state index in [0.717, 1.165) is 12.8 Å². The van der Waals surface area contributed by atoms with Crippen LogP contribution in [-0.2, 0) is 25.7 Å². The highest BCUT2D eigenvalue weighted by molar-refractivity contribution is 5.89. The summed E-state index contributed by atoms with van der Waals surface area (Å²) in [4.78, 5) is 58.2. The number of esters is 1. The predicted octanol–water partition coefficient (Wildman–Crippen LogP) is 0.0139. The number of nitrogens with zero attached hydrogens (tertiary/aromatic N) is 5. The Morgan fingerprint density at radius 2 is 1.24 bits per heavy atom. The van der Waals surface area contributed by atoms with E-state index in [9.17, 15) is 34.5 Å². The standard InChI is InChI=1S/C25H39N5O8/c1-2-3-14-38-25(37)20-4-5-26-21(15-20)16-27-6-8-28(17-22(31)32)10-12-30(19-24(35)36)13-11-29(9-7-27)18-23(33)34/h4-5,15H,2-3,6-14,16-19H2,1H3,(H,31,32)(H,33,34)(H,35,36). The van der Waals surface area contributed by atoms with E-state index in [4.69, 9.17) is 4.74 Å². The van der Waals surface area contributed by atoms with E-state index >= 15 is 0 Å². The first-order valence-electron chi connectivity index (χ1n) is 12.8. The number of hydrogen-bond acceptors (Lipinski definition) is 10. The van der Waals surface area contributed by atoms with Crippen LogP contribution in [0.25, 0.3) is 0 Å². The van der Waals surface area contributed by atoms with Gasteiger partial charge in [-0.3, -0.25) is 39.0 Å². The van der Waals surface area contributed by atoms with E-state index < -0.39 is 23.9 Å². The highest BCUT2D eigenvalue weighted by Gasteiger charge is 2.20. The van der Waals surface area contributed by atoms with E-state index in [0.29, 0.717) is 76.8 Å². The van der Waals surface area contributed by atoms with Crippen molar-refractivity contribution in [1.29, 1.82) is 0 Å². The Balaban J connectivity index is 2.17. The first-order chi connectivity index (χ1) is 18.2. The zero-order valence-corrected chi connectivity index (χ0v) is 22.0. The molecule has 38 heavy (non-hydrogen) atoms. The van der Waals surface area contributed by atoms with Gasteiger partial charge in [0, 0.05) is 65.1 Å². The lowest BCUT2D eigenvalue weighted by Crippen LogP contribution is -2.48. The average Bonchev–Trinajstić information content (AvgIpc) is 2.85. The minimum absolute atomic E-state index is 0.183. The lowest BCUT2D eigenvalue weighted by Gasteiger charge is -2.33. The quantitative estimate of drug-likeness (QED) is 0.242. The van der Waals surface area contributed by atoms with Gasteiger partial charge in [0.1, 0.15) is 0 Å². The first-order valence-corrected chi connectivity index (χ1v) is 12.8. The number of ether oxygens (including phenoxy) is 1. The summed E-state index contributed by atoms with van der Waals surface area (Å²) in [5, 5.41) is 28.0. The van der Waals surface area contributed by atoms with E-state index in [1.54, 1.807) is 33.0 Å². The molecule has 0 aliphatic carbocycles. The van der Waals surface area contributed by atoms with Crippen LogP contribution in [0, 0.1) is 0 Å². The smallest absolute Gasteiger partial charge is 0.338 e. The molecule has 0 aromatic carbocycles. The molecule has 0 bridgehead atoms. The van der Waals surface area contributed by atoms with E-state index in [2.05, 4.69) is 9.88 Å². The summed E-state index contributed by atoms with van der Waals surface area (Å²) >= 11 is 0. The molecule has 1 saturated heterocycles. The normalized spacial score (nSPS) is 17.3. The van der Waals surface area contributed by atoms with Crippen LogP contribution in [0.1, 0.15) is 35.8 Å². The topological polar surface area (TPSA) is 164 Å². The summed E-state index contributed by atoms with van der Waals surface area (Å²) in [6.45, 7) is 5.30. The molecule has 1 aromatic heterocycles. The average molecular weight is 538 g/mol. The van der Waals surface area contributed by atoms with Crippen molar-refractivity contribution in [2.45, 2.75) is 26.3 Å². The van der Waals surface area contributed by atoms with Gasteiger partial charge in [-0.1, -0.05) is 13.3 Å². The second-order valence-corrected chi connectivity index (χ2v) is 9.31. The van der Waals surface area contributed by atoms with Gasteiger partial charge < -0.3 is 20.1 Å². The van der Waals surface area contributed by atoms with Crippen molar-refractivity contribution in [3.8, 4) is 0 Å². The summed E-state index contributed by atoms with van der Waals surface area (Å²) in [6, 6.07) is 3.28. The molecule has 13 nitrogen and oxygen atoms in total. The van der Waals surface area contributed by atoms with E-state index in [-0.39, 0.29) is 19.6 Å². The van der Waals surface area contributed by atoms with Gasteiger partial charge in [-0.15, -0.1) is 0 Å². The highest BCUT2D eigenvalue weighted by Crippen LogP contribution is 2.09. The van der Waals surface area contributed by atoms with Gasteiger partial charge >= 0.3 is 23.9 Å². The molecule has 0 amide bonds. The first kappa shape index (κ1) is 31.1. The van der Waals surface area contributed by atoms with Crippen LogP contribution in [0.5, 0.6) is 0 Å². The van der Waals surface area contributed by atoms with Crippen molar-refractivity contribution in [2.24, 2.45) is 0 Å². The number of aromatic nitrogens is 1. The second-order valence-electron chi connectivity index (χ2n) is 9.31. The highest BCUT2D eigenvalue weighted by atomic mass is 16.5. The van der Waals surface area contributed by atoms with Crippen molar-refractivity contribution in [3.63, 3.8) is 0 Å². The fraction of sp³-hybridized carbons (Fsp3) is 0.640. The predicted molar refractivity (Wildman–Crippen MR) is 137 cm³/mol. The third-order valence-corrected chi connectivity index (χ3v) is 6.18.